The second kappa shape index (κ2) is 10.2. The predicted molar refractivity (Wildman–Crippen MR) is 117 cm³/mol. The van der Waals surface area contributed by atoms with Crippen LogP contribution in [0.3, 0.4) is 0 Å². The Bertz CT molecular complexity index is 1010. The van der Waals surface area contributed by atoms with Crippen LogP contribution in [0.15, 0.2) is 72.9 Å². The Hall–Kier alpha value is -3.25. The molecular weight excluding hydrogens is 393 g/mol. The summed E-state index contributed by atoms with van der Waals surface area (Å²) in [5.41, 5.74) is 2.01. The zero-order valence-corrected chi connectivity index (χ0v) is 17.3. The minimum Gasteiger partial charge on any atom is -0.439 e. The van der Waals surface area contributed by atoms with Crippen LogP contribution in [0.4, 0.5) is 4.39 Å². The summed E-state index contributed by atoms with van der Waals surface area (Å²) in [7, 11) is 0. The van der Waals surface area contributed by atoms with Crippen LogP contribution in [0.1, 0.15) is 24.0 Å². The number of nitrogens with zero attached hydrogens (tertiary/aromatic N) is 2. The van der Waals surface area contributed by atoms with E-state index in [-0.39, 0.29) is 17.6 Å². The summed E-state index contributed by atoms with van der Waals surface area (Å²) in [6.07, 6.45) is 3.51. The molecule has 1 aromatic heterocycles. The van der Waals surface area contributed by atoms with Gasteiger partial charge in [-0.3, -0.25) is 9.69 Å². The molecule has 1 unspecified atom stereocenters. The first-order chi connectivity index (χ1) is 15.2. The fourth-order valence-electron chi connectivity index (χ4n) is 3.87. The average Bonchev–Trinajstić information content (AvgIpc) is 2.79. The van der Waals surface area contributed by atoms with Crippen molar-refractivity contribution in [3.63, 3.8) is 0 Å². The van der Waals surface area contributed by atoms with Gasteiger partial charge in [0.15, 0.2) is 0 Å². The van der Waals surface area contributed by atoms with E-state index in [1.165, 1.54) is 17.7 Å². The highest BCUT2D eigenvalue weighted by Gasteiger charge is 2.25. The lowest BCUT2D eigenvalue weighted by Crippen LogP contribution is -2.42. The maximum atomic E-state index is 13.4. The molecule has 1 saturated heterocycles. The van der Waals surface area contributed by atoms with Gasteiger partial charge in [-0.1, -0.05) is 42.5 Å². The molecule has 2 aromatic carbocycles. The molecule has 1 fully saturated rings. The molecule has 1 aliphatic heterocycles. The first-order valence-electron chi connectivity index (χ1n) is 10.6. The van der Waals surface area contributed by atoms with Crippen molar-refractivity contribution in [1.82, 2.24) is 15.2 Å². The van der Waals surface area contributed by atoms with Gasteiger partial charge in [0.05, 0.1) is 5.92 Å². The van der Waals surface area contributed by atoms with E-state index in [0.717, 1.165) is 38.0 Å². The summed E-state index contributed by atoms with van der Waals surface area (Å²) >= 11 is 0. The zero-order valence-electron chi connectivity index (χ0n) is 17.3. The van der Waals surface area contributed by atoms with Gasteiger partial charge in [0.2, 0.25) is 11.8 Å². The van der Waals surface area contributed by atoms with Crippen molar-refractivity contribution in [3.8, 4) is 11.6 Å². The van der Waals surface area contributed by atoms with Crippen LogP contribution in [0, 0.1) is 11.7 Å². The molecule has 1 N–H and O–H groups in total. The first kappa shape index (κ1) is 21.0. The molecule has 1 amide bonds. The highest BCUT2D eigenvalue weighted by Crippen LogP contribution is 2.24. The van der Waals surface area contributed by atoms with E-state index in [9.17, 15) is 9.18 Å². The molecule has 4 rings (SSSR count). The normalized spacial score (nSPS) is 16.6. The number of rotatable bonds is 7. The van der Waals surface area contributed by atoms with Crippen LogP contribution in [-0.2, 0) is 17.9 Å². The highest BCUT2D eigenvalue weighted by molar-refractivity contribution is 5.79. The number of hydrogen-bond donors (Lipinski definition) is 1. The standard InChI is InChI=1S/C25H26FN3O2/c26-22-11-4-12-23(15-22)31-25-20(9-5-13-27-25)16-28-24(30)21-10-6-14-29(18-21)17-19-7-2-1-3-8-19/h1-5,7-9,11-13,15,21H,6,10,14,16-18H2,(H,28,30). The number of carbonyl (C=O) groups is 1. The Kier molecular flexibility index (Phi) is 6.89. The van der Waals surface area contributed by atoms with Crippen molar-refractivity contribution in [3.05, 3.63) is 89.9 Å². The van der Waals surface area contributed by atoms with Gasteiger partial charge < -0.3 is 10.1 Å². The molecule has 0 aliphatic carbocycles. The topological polar surface area (TPSA) is 54.5 Å². The molecule has 0 saturated carbocycles. The van der Waals surface area contributed by atoms with E-state index < -0.39 is 0 Å². The van der Waals surface area contributed by atoms with E-state index in [0.29, 0.717) is 18.2 Å². The van der Waals surface area contributed by atoms with Gasteiger partial charge in [-0.25, -0.2) is 9.37 Å². The van der Waals surface area contributed by atoms with Gasteiger partial charge in [0.1, 0.15) is 11.6 Å². The maximum absolute atomic E-state index is 13.4. The molecule has 160 valence electrons. The van der Waals surface area contributed by atoms with Crippen molar-refractivity contribution in [1.29, 1.82) is 0 Å². The number of pyridine rings is 1. The van der Waals surface area contributed by atoms with Crippen LogP contribution in [0.25, 0.3) is 0 Å². The number of halogens is 1. The van der Waals surface area contributed by atoms with Crippen LogP contribution < -0.4 is 10.1 Å². The largest absolute Gasteiger partial charge is 0.439 e. The van der Waals surface area contributed by atoms with Crippen molar-refractivity contribution in [2.75, 3.05) is 13.1 Å². The lowest BCUT2D eigenvalue weighted by Gasteiger charge is -2.32. The van der Waals surface area contributed by atoms with Crippen molar-refractivity contribution in [2.24, 2.45) is 5.92 Å². The highest BCUT2D eigenvalue weighted by atomic mass is 19.1. The number of piperidine rings is 1. The second-order valence-electron chi connectivity index (χ2n) is 7.80. The molecule has 0 radical (unpaired) electrons. The van der Waals surface area contributed by atoms with E-state index in [2.05, 4.69) is 27.3 Å². The van der Waals surface area contributed by atoms with Gasteiger partial charge in [-0.15, -0.1) is 0 Å². The third-order valence-corrected chi connectivity index (χ3v) is 5.44. The van der Waals surface area contributed by atoms with Gasteiger partial charge in [0, 0.05) is 37.5 Å². The lowest BCUT2D eigenvalue weighted by atomic mass is 9.96. The SMILES string of the molecule is O=C(NCc1cccnc1Oc1cccc(F)c1)C1CCCN(Cc2ccccc2)C1. The number of amides is 1. The van der Waals surface area contributed by atoms with E-state index in [4.69, 9.17) is 4.74 Å². The Morgan fingerprint density at radius 3 is 2.84 bits per heavy atom. The van der Waals surface area contributed by atoms with Gasteiger partial charge in [-0.2, -0.15) is 0 Å². The lowest BCUT2D eigenvalue weighted by molar-refractivity contribution is -0.126. The number of carbonyl (C=O) groups excluding carboxylic acids is 1. The molecule has 6 heteroatoms. The molecule has 0 spiro atoms. The summed E-state index contributed by atoms with van der Waals surface area (Å²) in [6.45, 7) is 2.93. The van der Waals surface area contributed by atoms with Gasteiger partial charge in [-0.05, 0) is 43.1 Å². The molecular formula is C25H26FN3O2. The van der Waals surface area contributed by atoms with Crippen molar-refractivity contribution < 1.29 is 13.9 Å². The van der Waals surface area contributed by atoms with Crippen LogP contribution >= 0.6 is 0 Å². The average molecular weight is 420 g/mol. The summed E-state index contributed by atoms with van der Waals surface area (Å²) in [5.74, 6) is 0.360. The Morgan fingerprint density at radius 1 is 1.13 bits per heavy atom. The molecule has 31 heavy (non-hydrogen) atoms. The number of likely N-dealkylation sites (tertiary alicyclic amines) is 1. The van der Waals surface area contributed by atoms with Crippen LogP contribution in [0.2, 0.25) is 0 Å². The van der Waals surface area contributed by atoms with Gasteiger partial charge >= 0.3 is 0 Å². The monoisotopic (exact) mass is 419 g/mol. The number of ether oxygens (including phenoxy) is 1. The molecule has 3 aromatic rings. The Labute approximate surface area is 181 Å². The molecule has 0 bridgehead atoms. The fraction of sp³-hybridized carbons (Fsp3) is 0.280. The number of aromatic nitrogens is 1. The molecule has 2 heterocycles. The molecule has 1 aliphatic rings. The van der Waals surface area contributed by atoms with Crippen LogP contribution in [-0.4, -0.2) is 28.9 Å². The van der Waals surface area contributed by atoms with E-state index in [1.54, 1.807) is 24.4 Å². The maximum Gasteiger partial charge on any atom is 0.224 e. The number of nitrogens with one attached hydrogen (secondary N) is 1. The van der Waals surface area contributed by atoms with Gasteiger partial charge in [0.25, 0.3) is 0 Å². The quantitative estimate of drug-likeness (QED) is 0.611. The minimum absolute atomic E-state index is 0.0401. The minimum atomic E-state index is -0.374. The van der Waals surface area contributed by atoms with E-state index in [1.807, 2.05) is 24.3 Å². The molecule has 1 atom stereocenters. The first-order valence-corrected chi connectivity index (χ1v) is 10.6. The summed E-state index contributed by atoms with van der Waals surface area (Å²) in [5, 5.41) is 3.03. The summed E-state index contributed by atoms with van der Waals surface area (Å²) in [4.78, 5) is 19.4. The second-order valence-corrected chi connectivity index (χ2v) is 7.80. The summed E-state index contributed by atoms with van der Waals surface area (Å²) < 4.78 is 19.2. The fourth-order valence-corrected chi connectivity index (χ4v) is 3.87. The Morgan fingerprint density at radius 2 is 2.00 bits per heavy atom. The van der Waals surface area contributed by atoms with Crippen molar-refractivity contribution >= 4 is 5.91 Å². The third-order valence-electron chi connectivity index (χ3n) is 5.44. The summed E-state index contributed by atoms with van der Waals surface area (Å²) in [6, 6.07) is 19.9. The number of hydrogen-bond acceptors (Lipinski definition) is 4. The van der Waals surface area contributed by atoms with Crippen molar-refractivity contribution in [2.45, 2.75) is 25.9 Å². The predicted octanol–water partition coefficient (Wildman–Crippen LogP) is 4.54. The van der Waals surface area contributed by atoms with E-state index >= 15 is 0 Å². The zero-order chi connectivity index (χ0) is 21.5. The molecule has 5 nitrogen and oxygen atoms in total. The van der Waals surface area contributed by atoms with Crippen LogP contribution in [0.5, 0.6) is 11.6 Å². The third kappa shape index (κ3) is 5.89. The Balaban J connectivity index is 1.34. The smallest absolute Gasteiger partial charge is 0.224 e. The number of benzene rings is 2.